The minimum absolute atomic E-state index is 0.0681. The maximum Gasteiger partial charge on any atom is 0.263 e. The van der Waals surface area contributed by atoms with Crippen LogP contribution in [0.25, 0.3) is 0 Å². The first-order valence-electron chi connectivity index (χ1n) is 10.8. The van der Waals surface area contributed by atoms with Crippen LogP contribution in [-0.2, 0) is 22.4 Å². The zero-order valence-electron chi connectivity index (χ0n) is 17.7. The Labute approximate surface area is 177 Å². The van der Waals surface area contributed by atoms with Gasteiger partial charge < -0.3 is 15.0 Å². The van der Waals surface area contributed by atoms with Crippen molar-refractivity contribution in [2.45, 2.75) is 52.1 Å². The van der Waals surface area contributed by atoms with E-state index in [0.29, 0.717) is 18.9 Å². The Morgan fingerprint density at radius 1 is 1.17 bits per heavy atom. The molecule has 1 aliphatic heterocycles. The number of nitrogens with zero attached hydrogens (tertiary/aromatic N) is 2. The number of aromatic nitrogens is 1. The second kappa shape index (κ2) is 8.86. The smallest absolute Gasteiger partial charge is 0.263 e. The summed E-state index contributed by atoms with van der Waals surface area (Å²) < 4.78 is 5.96. The molecule has 6 nitrogen and oxygen atoms in total. The number of aryl methyl sites for hydroxylation is 3. The van der Waals surface area contributed by atoms with Gasteiger partial charge in [0.25, 0.3) is 5.91 Å². The number of piperidine rings is 1. The van der Waals surface area contributed by atoms with E-state index in [2.05, 4.69) is 22.4 Å². The minimum atomic E-state index is -0.579. The molecule has 2 amide bonds. The molecule has 0 radical (unpaired) electrons. The monoisotopic (exact) mass is 407 g/mol. The Morgan fingerprint density at radius 3 is 2.80 bits per heavy atom. The van der Waals surface area contributed by atoms with Crippen LogP contribution >= 0.6 is 0 Å². The van der Waals surface area contributed by atoms with E-state index in [4.69, 9.17) is 4.74 Å². The molecule has 1 aliphatic carbocycles. The molecule has 1 aromatic heterocycles. The number of ether oxygens (including phenoxy) is 1. The average molecular weight is 408 g/mol. The molecule has 4 rings (SSSR count). The third-order valence-corrected chi connectivity index (χ3v) is 6.00. The van der Waals surface area contributed by atoms with Crippen molar-refractivity contribution in [1.29, 1.82) is 0 Å². The van der Waals surface area contributed by atoms with Gasteiger partial charge in [-0.1, -0.05) is 12.1 Å². The summed E-state index contributed by atoms with van der Waals surface area (Å²) in [4.78, 5) is 31.6. The van der Waals surface area contributed by atoms with Crippen molar-refractivity contribution < 1.29 is 14.3 Å². The van der Waals surface area contributed by atoms with Crippen LogP contribution in [0.5, 0.6) is 5.75 Å². The van der Waals surface area contributed by atoms with E-state index < -0.39 is 6.10 Å². The fourth-order valence-electron chi connectivity index (χ4n) is 4.29. The Hall–Kier alpha value is -2.89. The molecule has 0 unspecified atom stereocenters. The second-order valence-corrected chi connectivity index (χ2v) is 8.38. The molecule has 0 bridgehead atoms. The molecular formula is C24H29N3O3. The van der Waals surface area contributed by atoms with Gasteiger partial charge in [-0.15, -0.1) is 0 Å². The maximum atomic E-state index is 13.0. The number of carbonyl (C=O) groups is 2. The first-order valence-corrected chi connectivity index (χ1v) is 10.8. The lowest BCUT2D eigenvalue weighted by Gasteiger charge is -2.33. The van der Waals surface area contributed by atoms with Gasteiger partial charge in [-0.25, -0.2) is 4.98 Å². The number of nitrogens with one attached hydrogen (secondary N) is 1. The standard InChI is InChI=1S/C24H29N3O3/c1-16-8-11-22(25-14-16)26-23(28)20-7-4-12-27(15-20)24(29)17(2)30-21-10-9-18-5-3-6-19(18)13-21/h8-11,13-14,17,20H,3-7,12,15H2,1-2H3,(H,25,26,28)/t17-,20+/m1/s1. The lowest BCUT2D eigenvalue weighted by Crippen LogP contribution is -2.48. The van der Waals surface area contributed by atoms with Crippen LogP contribution < -0.4 is 10.1 Å². The van der Waals surface area contributed by atoms with Gasteiger partial charge in [0.05, 0.1) is 5.92 Å². The molecule has 158 valence electrons. The van der Waals surface area contributed by atoms with Crippen LogP contribution in [0.3, 0.4) is 0 Å². The number of likely N-dealkylation sites (tertiary alicyclic amines) is 1. The Balaban J connectivity index is 1.34. The van der Waals surface area contributed by atoms with Crippen molar-refractivity contribution in [3.8, 4) is 5.75 Å². The number of pyridine rings is 1. The molecule has 1 aromatic carbocycles. The van der Waals surface area contributed by atoms with E-state index in [1.165, 1.54) is 17.5 Å². The van der Waals surface area contributed by atoms with Crippen LogP contribution in [-0.4, -0.2) is 40.9 Å². The predicted octanol–water partition coefficient (Wildman–Crippen LogP) is 3.52. The van der Waals surface area contributed by atoms with Gasteiger partial charge in [0.2, 0.25) is 5.91 Å². The topological polar surface area (TPSA) is 71.5 Å². The average Bonchev–Trinajstić information content (AvgIpc) is 3.22. The summed E-state index contributed by atoms with van der Waals surface area (Å²) in [6.07, 6.45) is 6.10. The molecule has 0 saturated carbocycles. The van der Waals surface area contributed by atoms with Gasteiger partial charge in [-0.3, -0.25) is 9.59 Å². The number of carbonyl (C=O) groups excluding carboxylic acids is 2. The number of hydrogen-bond acceptors (Lipinski definition) is 4. The van der Waals surface area contributed by atoms with Crippen molar-refractivity contribution in [2.24, 2.45) is 5.92 Å². The number of rotatable bonds is 5. The van der Waals surface area contributed by atoms with Gasteiger partial charge in [-0.05, 0) is 80.8 Å². The summed E-state index contributed by atoms with van der Waals surface area (Å²) >= 11 is 0. The molecule has 6 heteroatoms. The van der Waals surface area contributed by atoms with E-state index in [9.17, 15) is 9.59 Å². The van der Waals surface area contributed by atoms with Gasteiger partial charge in [-0.2, -0.15) is 0 Å². The molecule has 1 saturated heterocycles. The number of hydrogen-bond donors (Lipinski definition) is 1. The molecule has 2 atom stereocenters. The van der Waals surface area contributed by atoms with Gasteiger partial charge in [0.1, 0.15) is 11.6 Å². The number of fused-ring (bicyclic) bond motifs is 1. The largest absolute Gasteiger partial charge is 0.481 e. The van der Waals surface area contributed by atoms with Crippen LogP contribution in [0.4, 0.5) is 5.82 Å². The predicted molar refractivity (Wildman–Crippen MR) is 115 cm³/mol. The molecule has 1 N–H and O–H groups in total. The zero-order valence-corrected chi connectivity index (χ0v) is 17.7. The summed E-state index contributed by atoms with van der Waals surface area (Å²) in [5.74, 6) is 0.895. The van der Waals surface area contributed by atoms with Crippen LogP contribution in [0.1, 0.15) is 42.9 Å². The summed E-state index contributed by atoms with van der Waals surface area (Å²) in [6, 6.07) is 9.83. The molecular weight excluding hydrogens is 378 g/mol. The van der Waals surface area contributed by atoms with E-state index in [1.54, 1.807) is 24.1 Å². The lowest BCUT2D eigenvalue weighted by atomic mass is 9.96. The third kappa shape index (κ3) is 4.64. The third-order valence-electron chi connectivity index (χ3n) is 6.00. The summed E-state index contributed by atoms with van der Waals surface area (Å²) in [7, 11) is 0. The van der Waals surface area contributed by atoms with Gasteiger partial charge >= 0.3 is 0 Å². The highest BCUT2D eigenvalue weighted by atomic mass is 16.5. The molecule has 2 aliphatic rings. The van der Waals surface area contributed by atoms with Gasteiger partial charge in [0.15, 0.2) is 6.10 Å². The van der Waals surface area contributed by atoms with E-state index in [1.807, 2.05) is 19.1 Å². The highest BCUT2D eigenvalue weighted by Crippen LogP contribution is 2.27. The molecule has 2 aromatic rings. The summed E-state index contributed by atoms with van der Waals surface area (Å²) in [6.45, 7) is 4.81. The van der Waals surface area contributed by atoms with Crippen molar-refractivity contribution in [1.82, 2.24) is 9.88 Å². The highest BCUT2D eigenvalue weighted by Gasteiger charge is 2.31. The Morgan fingerprint density at radius 2 is 2.00 bits per heavy atom. The zero-order chi connectivity index (χ0) is 21.1. The van der Waals surface area contributed by atoms with Crippen molar-refractivity contribution >= 4 is 17.6 Å². The van der Waals surface area contributed by atoms with Crippen LogP contribution in [0.15, 0.2) is 36.5 Å². The lowest BCUT2D eigenvalue weighted by molar-refractivity contribution is -0.140. The van der Waals surface area contributed by atoms with E-state index in [0.717, 1.165) is 37.0 Å². The van der Waals surface area contributed by atoms with Gasteiger partial charge in [0, 0.05) is 19.3 Å². The first-order chi connectivity index (χ1) is 14.5. The molecule has 30 heavy (non-hydrogen) atoms. The number of benzene rings is 1. The Kier molecular flexibility index (Phi) is 6.02. The summed E-state index contributed by atoms with van der Waals surface area (Å²) in [5, 5.41) is 2.87. The highest BCUT2D eigenvalue weighted by molar-refractivity contribution is 5.92. The van der Waals surface area contributed by atoms with E-state index >= 15 is 0 Å². The normalized spacial score (nSPS) is 19.1. The fourth-order valence-corrected chi connectivity index (χ4v) is 4.29. The Bertz CT molecular complexity index is 926. The SMILES string of the molecule is Cc1ccc(NC(=O)[C@H]2CCCN(C(=O)[C@@H](C)Oc3ccc4c(c3)CCC4)C2)nc1. The van der Waals surface area contributed by atoms with Crippen LogP contribution in [0.2, 0.25) is 0 Å². The number of anilines is 1. The molecule has 2 heterocycles. The first kappa shape index (κ1) is 20.4. The van der Waals surface area contributed by atoms with E-state index in [-0.39, 0.29) is 17.7 Å². The number of amides is 2. The van der Waals surface area contributed by atoms with Crippen molar-refractivity contribution in [2.75, 3.05) is 18.4 Å². The van der Waals surface area contributed by atoms with Crippen LogP contribution in [0, 0.1) is 12.8 Å². The fraction of sp³-hybridized carbons (Fsp3) is 0.458. The molecule has 1 fully saturated rings. The molecule has 0 spiro atoms. The summed E-state index contributed by atoms with van der Waals surface area (Å²) in [5.41, 5.74) is 3.75. The minimum Gasteiger partial charge on any atom is -0.481 e. The quantitative estimate of drug-likeness (QED) is 0.823. The van der Waals surface area contributed by atoms with Crippen molar-refractivity contribution in [3.63, 3.8) is 0 Å². The second-order valence-electron chi connectivity index (χ2n) is 8.38. The maximum absolute atomic E-state index is 13.0. The van der Waals surface area contributed by atoms with Crippen molar-refractivity contribution in [3.05, 3.63) is 53.2 Å².